The topological polar surface area (TPSA) is 46.2 Å². The van der Waals surface area contributed by atoms with Gasteiger partial charge in [0.15, 0.2) is 0 Å². The number of alkyl halides is 4. The van der Waals surface area contributed by atoms with E-state index in [1.165, 1.54) is 0 Å². The third-order valence-electron chi connectivity index (χ3n) is 2.88. The Bertz CT molecular complexity index is 311. The summed E-state index contributed by atoms with van der Waals surface area (Å²) in [6.45, 7) is 0. The van der Waals surface area contributed by atoms with Crippen molar-refractivity contribution in [2.45, 2.75) is 43.8 Å². The van der Waals surface area contributed by atoms with Gasteiger partial charge in [0.1, 0.15) is 5.78 Å². The van der Waals surface area contributed by atoms with Crippen molar-refractivity contribution >= 4 is 23.3 Å². The average Bonchev–Trinajstić information content (AvgIpc) is 2.64. The molecule has 0 aromatic heterocycles. The summed E-state index contributed by atoms with van der Waals surface area (Å²) in [6.07, 6.45) is -2.87. The van der Waals surface area contributed by atoms with Gasteiger partial charge in [-0.3, -0.25) is 9.59 Å². The third-order valence-corrected chi connectivity index (χ3v) is 3.18. The zero-order valence-corrected chi connectivity index (χ0v) is 9.83. The Morgan fingerprint density at radius 3 is 2.18 bits per heavy atom. The lowest BCUT2D eigenvalue weighted by molar-refractivity contribution is -0.175. The molecule has 1 rings (SSSR count). The highest BCUT2D eigenvalue weighted by atomic mass is 35.5. The van der Waals surface area contributed by atoms with Crippen molar-refractivity contribution in [3.05, 3.63) is 0 Å². The van der Waals surface area contributed by atoms with E-state index in [0.717, 1.165) is 0 Å². The van der Waals surface area contributed by atoms with Crippen molar-refractivity contribution in [2.75, 3.05) is 5.88 Å². The van der Waals surface area contributed by atoms with Crippen LogP contribution in [0.3, 0.4) is 0 Å². The van der Waals surface area contributed by atoms with Gasteiger partial charge in [0.05, 0.1) is 5.88 Å². The van der Waals surface area contributed by atoms with Crippen molar-refractivity contribution in [3.63, 3.8) is 0 Å². The number of rotatable bonds is 4. The zero-order valence-electron chi connectivity index (χ0n) is 9.07. The van der Waals surface area contributed by atoms with E-state index >= 15 is 0 Å². The van der Waals surface area contributed by atoms with Crippen molar-refractivity contribution in [1.82, 2.24) is 5.32 Å². The molecule has 17 heavy (non-hydrogen) atoms. The van der Waals surface area contributed by atoms with E-state index in [9.17, 15) is 22.8 Å². The van der Waals surface area contributed by atoms with Gasteiger partial charge in [0.2, 0.25) is 0 Å². The fraction of sp³-hybridized carbons (Fsp3) is 0.800. The molecule has 0 bridgehead atoms. The number of ketones is 1. The Hall–Kier alpha value is -0.780. The van der Waals surface area contributed by atoms with Crippen LogP contribution in [0.4, 0.5) is 13.2 Å². The molecule has 0 spiro atoms. The van der Waals surface area contributed by atoms with Crippen LogP contribution in [0.5, 0.6) is 0 Å². The number of Topliss-reactive ketones (excluding diaryl/α,β-unsaturated/α-hetero) is 1. The molecule has 1 saturated carbocycles. The molecule has 1 fully saturated rings. The molecule has 0 aliphatic heterocycles. The largest absolute Gasteiger partial charge is 0.471 e. The number of hydrogen-bond donors (Lipinski definition) is 1. The summed E-state index contributed by atoms with van der Waals surface area (Å²) in [5.74, 6) is -2.58. The van der Waals surface area contributed by atoms with Gasteiger partial charge < -0.3 is 5.32 Å². The Kier molecular flexibility index (Phi) is 4.41. The zero-order chi connectivity index (χ0) is 13.1. The molecule has 98 valence electrons. The quantitative estimate of drug-likeness (QED) is 0.797. The molecule has 0 radical (unpaired) electrons. The normalized spacial score (nSPS) is 19.1. The Morgan fingerprint density at radius 1 is 1.24 bits per heavy atom. The smallest absolute Gasteiger partial charge is 0.342 e. The number of amides is 1. The maximum atomic E-state index is 12.2. The third kappa shape index (κ3) is 3.87. The van der Waals surface area contributed by atoms with Crippen LogP contribution >= 0.6 is 11.6 Å². The molecule has 1 aliphatic rings. The molecular weight excluding hydrogens is 259 g/mol. The molecule has 0 aromatic rings. The summed E-state index contributed by atoms with van der Waals surface area (Å²) in [6, 6.07) is 0. The lowest BCUT2D eigenvalue weighted by Crippen LogP contribution is -2.52. The van der Waals surface area contributed by atoms with Crippen LogP contribution in [0.1, 0.15) is 32.1 Å². The fourth-order valence-corrected chi connectivity index (χ4v) is 2.23. The van der Waals surface area contributed by atoms with Crippen LogP contribution in [-0.2, 0) is 9.59 Å². The first kappa shape index (κ1) is 14.3. The second-order valence-electron chi connectivity index (χ2n) is 4.29. The molecule has 1 N–H and O–H groups in total. The van der Waals surface area contributed by atoms with E-state index in [0.29, 0.717) is 25.7 Å². The van der Waals surface area contributed by atoms with Gasteiger partial charge in [0, 0.05) is 12.0 Å². The van der Waals surface area contributed by atoms with Gasteiger partial charge in [-0.2, -0.15) is 13.2 Å². The molecule has 0 saturated heterocycles. The second kappa shape index (κ2) is 5.25. The van der Waals surface area contributed by atoms with E-state index in [-0.39, 0.29) is 18.1 Å². The predicted octanol–water partition coefficient (Wildman–Crippen LogP) is 2.18. The van der Waals surface area contributed by atoms with Crippen LogP contribution < -0.4 is 5.32 Å². The highest BCUT2D eigenvalue weighted by Gasteiger charge is 2.45. The summed E-state index contributed by atoms with van der Waals surface area (Å²) >= 11 is 5.33. The lowest BCUT2D eigenvalue weighted by atomic mass is 9.91. The average molecular weight is 272 g/mol. The Labute approximate surface area is 102 Å². The van der Waals surface area contributed by atoms with Crippen LogP contribution in [-0.4, -0.2) is 29.3 Å². The highest BCUT2D eigenvalue weighted by Crippen LogP contribution is 2.34. The number of carbonyl (C=O) groups excluding carboxylic acids is 2. The predicted molar refractivity (Wildman–Crippen MR) is 55.7 cm³/mol. The molecule has 0 atom stereocenters. The van der Waals surface area contributed by atoms with E-state index in [1.807, 2.05) is 5.32 Å². The van der Waals surface area contributed by atoms with Crippen molar-refractivity contribution in [1.29, 1.82) is 0 Å². The monoisotopic (exact) mass is 271 g/mol. The van der Waals surface area contributed by atoms with Gasteiger partial charge in [-0.15, -0.1) is 11.6 Å². The first-order valence-electron chi connectivity index (χ1n) is 5.26. The van der Waals surface area contributed by atoms with Crippen LogP contribution in [0.15, 0.2) is 0 Å². The van der Waals surface area contributed by atoms with Crippen molar-refractivity contribution < 1.29 is 22.8 Å². The summed E-state index contributed by atoms with van der Waals surface area (Å²) in [5.41, 5.74) is -1.06. The van der Waals surface area contributed by atoms with Gasteiger partial charge >= 0.3 is 12.1 Å². The minimum Gasteiger partial charge on any atom is -0.342 e. The molecule has 3 nitrogen and oxygen atoms in total. The van der Waals surface area contributed by atoms with Crippen LogP contribution in [0, 0.1) is 0 Å². The number of halogens is 4. The van der Waals surface area contributed by atoms with E-state index in [2.05, 4.69) is 0 Å². The van der Waals surface area contributed by atoms with E-state index in [1.54, 1.807) is 0 Å². The van der Waals surface area contributed by atoms with E-state index in [4.69, 9.17) is 11.6 Å². The summed E-state index contributed by atoms with van der Waals surface area (Å²) < 4.78 is 36.5. The first-order chi connectivity index (χ1) is 7.79. The highest BCUT2D eigenvalue weighted by molar-refractivity contribution is 6.27. The molecule has 1 aliphatic carbocycles. The van der Waals surface area contributed by atoms with Gasteiger partial charge in [0.25, 0.3) is 0 Å². The summed E-state index contributed by atoms with van der Waals surface area (Å²) in [5, 5.41) is 1.95. The van der Waals surface area contributed by atoms with Crippen molar-refractivity contribution in [2.24, 2.45) is 0 Å². The first-order valence-corrected chi connectivity index (χ1v) is 5.79. The Morgan fingerprint density at radius 2 is 1.76 bits per heavy atom. The molecule has 0 aromatic carbocycles. The van der Waals surface area contributed by atoms with Crippen LogP contribution in [0.25, 0.3) is 0 Å². The lowest BCUT2D eigenvalue weighted by Gasteiger charge is -2.29. The summed E-state index contributed by atoms with van der Waals surface area (Å²) in [4.78, 5) is 22.2. The van der Waals surface area contributed by atoms with Crippen LogP contribution in [0.2, 0.25) is 0 Å². The van der Waals surface area contributed by atoms with Crippen molar-refractivity contribution in [3.8, 4) is 0 Å². The van der Waals surface area contributed by atoms with Gasteiger partial charge in [-0.05, 0) is 12.8 Å². The number of hydrogen-bond acceptors (Lipinski definition) is 2. The molecular formula is C10H13ClF3NO2. The van der Waals surface area contributed by atoms with Gasteiger partial charge in [-0.1, -0.05) is 12.8 Å². The maximum absolute atomic E-state index is 12.2. The minimum absolute atomic E-state index is 0.127. The SMILES string of the molecule is O=C(CCl)CC1(NC(=O)C(F)(F)F)CCCC1. The summed E-state index contributed by atoms with van der Waals surface area (Å²) in [7, 11) is 0. The second-order valence-corrected chi connectivity index (χ2v) is 4.56. The molecule has 7 heteroatoms. The molecule has 1 amide bonds. The molecule has 0 heterocycles. The minimum atomic E-state index is -4.92. The maximum Gasteiger partial charge on any atom is 0.471 e. The number of nitrogens with one attached hydrogen (secondary N) is 1. The van der Waals surface area contributed by atoms with E-state index < -0.39 is 17.6 Å². The fourth-order valence-electron chi connectivity index (χ4n) is 2.13. The standard InChI is InChI=1S/C10H13ClF3NO2/c11-6-7(16)5-9(3-1-2-4-9)15-8(17)10(12,13)14/h1-6H2,(H,15,17). The Balaban J connectivity index is 2.72. The molecule has 0 unspecified atom stereocenters. The number of carbonyl (C=O) groups is 2. The van der Waals surface area contributed by atoms with Gasteiger partial charge in [-0.25, -0.2) is 0 Å².